The first-order chi connectivity index (χ1) is 6.06. The van der Waals surface area contributed by atoms with Gasteiger partial charge in [0.1, 0.15) is 0 Å². The van der Waals surface area contributed by atoms with Gasteiger partial charge in [-0.3, -0.25) is 4.79 Å². The Balaban J connectivity index is 2.48. The van der Waals surface area contributed by atoms with Crippen LogP contribution >= 0.6 is 0 Å². The topological polar surface area (TPSA) is 64.3 Å². The van der Waals surface area contributed by atoms with Crippen LogP contribution in [0.15, 0.2) is 0 Å². The monoisotopic (exact) mass is 186 g/mol. The number of carbonyl (C=O) groups excluding carboxylic acids is 1. The van der Waals surface area contributed by atoms with Gasteiger partial charge in [-0.15, -0.1) is 0 Å². The number of esters is 1. The second-order valence-electron chi connectivity index (χ2n) is 3.91. The van der Waals surface area contributed by atoms with Gasteiger partial charge in [0.05, 0.1) is 13.5 Å². The smallest absolute Gasteiger partial charge is 0.307 e. The molecule has 76 valence electrons. The summed E-state index contributed by atoms with van der Waals surface area (Å²) in [5.41, 5.74) is 5.55. The zero-order valence-electron chi connectivity index (χ0n) is 8.30. The lowest BCUT2D eigenvalue weighted by atomic mass is 9.89. The summed E-state index contributed by atoms with van der Waals surface area (Å²) in [5, 5.41) is 3.29. The number of methoxy groups -OCH3 is 1. The van der Waals surface area contributed by atoms with Crippen LogP contribution in [-0.4, -0.2) is 31.2 Å². The molecule has 0 aromatic rings. The quantitative estimate of drug-likeness (QED) is 0.610. The Hall–Kier alpha value is -0.610. The van der Waals surface area contributed by atoms with Crippen molar-refractivity contribution in [2.45, 2.75) is 37.8 Å². The number of carbonyl (C=O) groups is 1. The van der Waals surface area contributed by atoms with E-state index >= 15 is 0 Å². The molecule has 1 saturated heterocycles. The lowest BCUT2D eigenvalue weighted by molar-refractivity contribution is -0.142. The molecule has 3 N–H and O–H groups in total. The fourth-order valence-corrected chi connectivity index (χ4v) is 1.75. The van der Waals surface area contributed by atoms with Crippen molar-refractivity contribution in [1.82, 2.24) is 5.32 Å². The molecule has 0 bridgehead atoms. The predicted molar refractivity (Wildman–Crippen MR) is 50.3 cm³/mol. The summed E-state index contributed by atoms with van der Waals surface area (Å²) in [5.74, 6) is -0.237. The summed E-state index contributed by atoms with van der Waals surface area (Å²) in [7, 11) is 1.39. The molecule has 0 radical (unpaired) electrons. The van der Waals surface area contributed by atoms with E-state index in [-0.39, 0.29) is 18.4 Å². The summed E-state index contributed by atoms with van der Waals surface area (Å²) in [6.45, 7) is 2.89. The third kappa shape index (κ3) is 2.67. The first kappa shape index (κ1) is 10.5. The summed E-state index contributed by atoms with van der Waals surface area (Å²) in [4.78, 5) is 11.1. The van der Waals surface area contributed by atoms with E-state index in [2.05, 4.69) is 10.1 Å². The van der Waals surface area contributed by atoms with E-state index in [4.69, 9.17) is 5.73 Å². The van der Waals surface area contributed by atoms with Crippen molar-refractivity contribution >= 4 is 5.97 Å². The molecular formula is C9H18N2O2. The van der Waals surface area contributed by atoms with Crippen LogP contribution in [0.5, 0.6) is 0 Å². The van der Waals surface area contributed by atoms with Gasteiger partial charge < -0.3 is 15.8 Å². The molecule has 1 rings (SSSR count). The van der Waals surface area contributed by atoms with E-state index in [9.17, 15) is 4.79 Å². The molecule has 2 unspecified atom stereocenters. The van der Waals surface area contributed by atoms with Crippen LogP contribution in [0.1, 0.15) is 26.2 Å². The van der Waals surface area contributed by atoms with Crippen molar-refractivity contribution in [3.05, 3.63) is 0 Å². The Kier molecular flexibility index (Phi) is 3.27. The summed E-state index contributed by atoms with van der Waals surface area (Å²) >= 11 is 0. The number of hydrogen-bond acceptors (Lipinski definition) is 4. The predicted octanol–water partition coefficient (Wildman–Crippen LogP) is 0.0189. The van der Waals surface area contributed by atoms with Gasteiger partial charge in [0.2, 0.25) is 0 Å². The molecule has 1 aliphatic heterocycles. The highest BCUT2D eigenvalue weighted by Gasteiger charge is 2.34. The maximum atomic E-state index is 11.1. The van der Waals surface area contributed by atoms with Crippen molar-refractivity contribution in [1.29, 1.82) is 0 Å². The van der Waals surface area contributed by atoms with Crippen LogP contribution in [-0.2, 0) is 9.53 Å². The molecule has 1 fully saturated rings. The van der Waals surface area contributed by atoms with E-state index in [1.54, 1.807) is 0 Å². The van der Waals surface area contributed by atoms with Crippen LogP contribution < -0.4 is 11.1 Å². The summed E-state index contributed by atoms with van der Waals surface area (Å²) < 4.78 is 4.60. The number of hydrogen-bond donors (Lipinski definition) is 2. The molecule has 2 atom stereocenters. The Morgan fingerprint density at radius 1 is 1.77 bits per heavy atom. The van der Waals surface area contributed by atoms with Gasteiger partial charge in [-0.1, -0.05) is 0 Å². The van der Waals surface area contributed by atoms with Crippen molar-refractivity contribution in [3.63, 3.8) is 0 Å². The number of ether oxygens (including phenoxy) is 1. The second-order valence-corrected chi connectivity index (χ2v) is 3.91. The molecule has 0 aliphatic carbocycles. The minimum atomic E-state index is -0.483. The van der Waals surface area contributed by atoms with Gasteiger partial charge in [-0.2, -0.15) is 0 Å². The van der Waals surface area contributed by atoms with E-state index in [0.717, 1.165) is 19.4 Å². The number of nitrogens with two attached hydrogens (primary N) is 1. The zero-order valence-corrected chi connectivity index (χ0v) is 8.30. The van der Waals surface area contributed by atoms with Crippen LogP contribution in [0.2, 0.25) is 0 Å². The van der Waals surface area contributed by atoms with Gasteiger partial charge in [0.25, 0.3) is 0 Å². The fourth-order valence-electron chi connectivity index (χ4n) is 1.75. The molecule has 4 nitrogen and oxygen atoms in total. The van der Waals surface area contributed by atoms with Crippen LogP contribution in [0, 0.1) is 0 Å². The maximum Gasteiger partial charge on any atom is 0.307 e. The molecular weight excluding hydrogens is 168 g/mol. The van der Waals surface area contributed by atoms with Gasteiger partial charge >= 0.3 is 5.97 Å². The lowest BCUT2D eigenvalue weighted by Gasteiger charge is -2.30. The summed E-state index contributed by atoms with van der Waals surface area (Å²) in [6, 6.07) is 0.242. The highest BCUT2D eigenvalue weighted by Crippen LogP contribution is 2.20. The lowest BCUT2D eigenvalue weighted by Crippen LogP contribution is -2.53. The minimum absolute atomic E-state index is 0.237. The zero-order chi connectivity index (χ0) is 9.90. The van der Waals surface area contributed by atoms with Gasteiger partial charge in [-0.05, 0) is 26.3 Å². The SMILES string of the molecule is COC(=O)CC(C)(N)C1CCCN1. The molecule has 1 heterocycles. The average Bonchev–Trinajstić information content (AvgIpc) is 2.55. The van der Waals surface area contributed by atoms with E-state index in [0.29, 0.717) is 0 Å². The Morgan fingerprint density at radius 3 is 2.92 bits per heavy atom. The van der Waals surface area contributed by atoms with E-state index in [1.807, 2.05) is 6.92 Å². The van der Waals surface area contributed by atoms with Crippen molar-refractivity contribution < 1.29 is 9.53 Å². The average molecular weight is 186 g/mol. The molecule has 0 spiro atoms. The molecule has 0 aromatic carbocycles. The third-order valence-corrected chi connectivity index (χ3v) is 2.61. The van der Waals surface area contributed by atoms with Crippen molar-refractivity contribution in [3.8, 4) is 0 Å². The Morgan fingerprint density at radius 2 is 2.46 bits per heavy atom. The van der Waals surface area contributed by atoms with Crippen molar-refractivity contribution in [2.24, 2.45) is 5.73 Å². The van der Waals surface area contributed by atoms with Gasteiger partial charge in [0, 0.05) is 11.6 Å². The third-order valence-electron chi connectivity index (χ3n) is 2.61. The Bertz CT molecular complexity index is 186. The molecule has 0 aromatic heterocycles. The first-order valence-corrected chi connectivity index (χ1v) is 4.65. The van der Waals surface area contributed by atoms with Gasteiger partial charge in [0.15, 0.2) is 0 Å². The second kappa shape index (κ2) is 4.07. The van der Waals surface area contributed by atoms with E-state index in [1.165, 1.54) is 7.11 Å². The highest BCUT2D eigenvalue weighted by molar-refractivity contribution is 5.70. The molecule has 13 heavy (non-hydrogen) atoms. The van der Waals surface area contributed by atoms with Crippen LogP contribution in [0.4, 0.5) is 0 Å². The highest BCUT2D eigenvalue weighted by atomic mass is 16.5. The minimum Gasteiger partial charge on any atom is -0.469 e. The maximum absolute atomic E-state index is 11.1. The number of nitrogens with one attached hydrogen (secondary N) is 1. The largest absolute Gasteiger partial charge is 0.469 e. The fraction of sp³-hybridized carbons (Fsp3) is 0.889. The van der Waals surface area contributed by atoms with Crippen LogP contribution in [0.3, 0.4) is 0 Å². The summed E-state index contributed by atoms with van der Waals surface area (Å²) in [6.07, 6.45) is 2.46. The van der Waals surface area contributed by atoms with Crippen LogP contribution in [0.25, 0.3) is 0 Å². The normalized spacial score (nSPS) is 26.8. The molecule has 4 heteroatoms. The first-order valence-electron chi connectivity index (χ1n) is 4.65. The molecule has 0 amide bonds. The number of rotatable bonds is 3. The standard InChI is InChI=1S/C9H18N2O2/c1-9(10,6-8(12)13-2)7-4-3-5-11-7/h7,11H,3-6,10H2,1-2H3. The molecule has 0 saturated carbocycles. The molecule has 1 aliphatic rings. The van der Waals surface area contributed by atoms with Crippen molar-refractivity contribution in [2.75, 3.05) is 13.7 Å². The van der Waals surface area contributed by atoms with Gasteiger partial charge in [-0.25, -0.2) is 0 Å². The van der Waals surface area contributed by atoms with E-state index < -0.39 is 5.54 Å². The Labute approximate surface area is 78.8 Å².